The van der Waals surface area contributed by atoms with Gasteiger partial charge in [0.05, 0.1) is 5.69 Å². The molecule has 4 nitrogen and oxygen atoms in total. The molecule has 0 fully saturated rings. The molecule has 1 aromatic heterocycles. The second-order valence-electron chi connectivity index (χ2n) is 4.13. The number of hydrogen-bond acceptors (Lipinski definition) is 4. The van der Waals surface area contributed by atoms with Crippen LogP contribution >= 0.6 is 0 Å². The number of nitrogens with one attached hydrogen (secondary N) is 1. The van der Waals surface area contributed by atoms with Gasteiger partial charge < -0.3 is 10.4 Å². The van der Waals surface area contributed by atoms with Gasteiger partial charge in [0.2, 0.25) is 0 Å². The molecule has 1 heterocycles. The quantitative estimate of drug-likeness (QED) is 0.733. The van der Waals surface area contributed by atoms with E-state index in [0.717, 1.165) is 25.2 Å². The summed E-state index contributed by atoms with van der Waals surface area (Å²) in [7, 11) is 0. The zero-order chi connectivity index (χ0) is 11.1. The van der Waals surface area contributed by atoms with Gasteiger partial charge in [-0.25, -0.2) is 9.97 Å². The van der Waals surface area contributed by atoms with Crippen molar-refractivity contribution in [1.29, 1.82) is 0 Å². The molecule has 0 aliphatic heterocycles. The minimum Gasteiger partial charge on any atom is -0.396 e. The van der Waals surface area contributed by atoms with E-state index >= 15 is 0 Å². The van der Waals surface area contributed by atoms with Crippen LogP contribution in [-0.4, -0.2) is 28.2 Å². The molecule has 0 aromatic carbocycles. The average molecular weight is 209 g/mol. The Morgan fingerprint density at radius 2 is 2.33 bits per heavy atom. The van der Waals surface area contributed by atoms with Gasteiger partial charge in [0, 0.05) is 31.3 Å². The maximum Gasteiger partial charge on any atom is 0.115 e. The molecule has 0 amide bonds. The second-order valence-corrected chi connectivity index (χ2v) is 4.13. The topological polar surface area (TPSA) is 58.0 Å². The first kappa shape index (κ1) is 12.1. The van der Waals surface area contributed by atoms with Gasteiger partial charge in [-0.15, -0.1) is 0 Å². The van der Waals surface area contributed by atoms with Crippen molar-refractivity contribution >= 4 is 0 Å². The molecule has 0 aliphatic carbocycles. The molecule has 1 atom stereocenters. The molecule has 0 aliphatic rings. The number of aliphatic hydroxyl groups excluding tert-OH is 1. The van der Waals surface area contributed by atoms with Crippen molar-refractivity contribution in [1.82, 2.24) is 15.3 Å². The number of aliphatic hydroxyl groups is 1. The highest BCUT2D eigenvalue weighted by molar-refractivity contribution is 4.97. The molecule has 1 unspecified atom stereocenters. The summed E-state index contributed by atoms with van der Waals surface area (Å²) in [6, 6.07) is 1.88. The zero-order valence-electron chi connectivity index (χ0n) is 9.40. The maximum absolute atomic E-state index is 9.22. The number of aromatic nitrogens is 2. The Morgan fingerprint density at radius 1 is 1.53 bits per heavy atom. The summed E-state index contributed by atoms with van der Waals surface area (Å²) >= 11 is 0. The van der Waals surface area contributed by atoms with Crippen molar-refractivity contribution in [2.75, 3.05) is 13.2 Å². The normalized spacial score (nSPS) is 14.9. The highest BCUT2D eigenvalue weighted by Gasteiger charge is 2.19. The lowest BCUT2D eigenvalue weighted by Gasteiger charge is -2.25. The fraction of sp³-hybridized carbons (Fsp3) is 0.636. The van der Waals surface area contributed by atoms with Crippen molar-refractivity contribution in [3.8, 4) is 0 Å². The van der Waals surface area contributed by atoms with Gasteiger partial charge in [0.15, 0.2) is 0 Å². The predicted octanol–water partition coefficient (Wildman–Crippen LogP) is 0.975. The predicted molar refractivity (Wildman–Crippen MR) is 59.2 cm³/mol. The molecule has 15 heavy (non-hydrogen) atoms. The van der Waals surface area contributed by atoms with E-state index in [-0.39, 0.29) is 12.0 Å². The maximum atomic E-state index is 9.22. The van der Waals surface area contributed by atoms with E-state index in [2.05, 4.69) is 29.1 Å². The summed E-state index contributed by atoms with van der Waals surface area (Å²) < 4.78 is 0. The van der Waals surface area contributed by atoms with Crippen molar-refractivity contribution in [2.24, 2.45) is 5.41 Å². The monoisotopic (exact) mass is 209 g/mol. The Kier molecular flexibility index (Phi) is 4.65. The third-order valence-corrected chi connectivity index (χ3v) is 2.74. The van der Waals surface area contributed by atoms with Gasteiger partial charge in [0.25, 0.3) is 0 Å². The molecule has 0 radical (unpaired) electrons. The molecular formula is C11H19N3O. The lowest BCUT2D eigenvalue weighted by Crippen LogP contribution is -2.34. The zero-order valence-corrected chi connectivity index (χ0v) is 9.40. The highest BCUT2D eigenvalue weighted by Crippen LogP contribution is 2.18. The molecule has 0 bridgehead atoms. The summed E-state index contributed by atoms with van der Waals surface area (Å²) in [5.74, 6) is 0. The number of nitrogens with zero attached hydrogens (tertiary/aromatic N) is 2. The summed E-state index contributed by atoms with van der Waals surface area (Å²) in [6.07, 6.45) is 4.23. The Labute approximate surface area is 90.8 Å². The first-order valence-electron chi connectivity index (χ1n) is 5.26. The van der Waals surface area contributed by atoms with Crippen LogP contribution in [0.3, 0.4) is 0 Å². The Hall–Kier alpha value is -1.00. The van der Waals surface area contributed by atoms with Crippen LogP contribution in [0.4, 0.5) is 0 Å². The van der Waals surface area contributed by atoms with Gasteiger partial charge in [-0.3, -0.25) is 0 Å². The van der Waals surface area contributed by atoms with Crippen LogP contribution in [0.25, 0.3) is 0 Å². The molecule has 1 rings (SSSR count). The molecule has 2 N–H and O–H groups in total. The van der Waals surface area contributed by atoms with Crippen molar-refractivity contribution in [3.63, 3.8) is 0 Å². The van der Waals surface area contributed by atoms with Crippen molar-refractivity contribution < 1.29 is 5.11 Å². The van der Waals surface area contributed by atoms with Crippen LogP contribution in [0.1, 0.15) is 26.0 Å². The Bertz CT molecular complexity index is 272. The Balaban J connectivity index is 2.33. The first-order valence-corrected chi connectivity index (χ1v) is 5.26. The summed E-state index contributed by atoms with van der Waals surface area (Å²) in [5.41, 5.74) is 0.939. The second kappa shape index (κ2) is 5.78. The molecule has 1 aromatic rings. The number of hydrogen-bond donors (Lipinski definition) is 2. The van der Waals surface area contributed by atoms with Gasteiger partial charge in [-0.05, 0) is 12.5 Å². The lowest BCUT2D eigenvalue weighted by atomic mass is 9.89. The van der Waals surface area contributed by atoms with Crippen LogP contribution < -0.4 is 5.32 Å². The minimum absolute atomic E-state index is 0.0347. The van der Waals surface area contributed by atoms with Crippen molar-refractivity contribution in [3.05, 3.63) is 24.3 Å². The van der Waals surface area contributed by atoms with Gasteiger partial charge >= 0.3 is 0 Å². The van der Waals surface area contributed by atoms with Gasteiger partial charge in [0.1, 0.15) is 6.33 Å². The SMILES string of the molecule is CCC(C)(CO)CNCc1ccncn1. The molecule has 4 heteroatoms. The van der Waals surface area contributed by atoms with E-state index < -0.39 is 0 Å². The van der Waals surface area contributed by atoms with E-state index in [1.54, 1.807) is 12.5 Å². The third-order valence-electron chi connectivity index (χ3n) is 2.74. The van der Waals surface area contributed by atoms with E-state index in [9.17, 15) is 5.11 Å². The Morgan fingerprint density at radius 3 is 2.87 bits per heavy atom. The van der Waals surface area contributed by atoms with E-state index in [1.807, 2.05) is 6.07 Å². The van der Waals surface area contributed by atoms with Crippen LogP contribution in [0.5, 0.6) is 0 Å². The largest absolute Gasteiger partial charge is 0.396 e. The first-order chi connectivity index (χ1) is 7.20. The summed E-state index contributed by atoms with van der Waals surface area (Å²) in [4.78, 5) is 7.97. The van der Waals surface area contributed by atoms with Crippen LogP contribution in [0, 0.1) is 5.41 Å². The lowest BCUT2D eigenvalue weighted by molar-refractivity contribution is 0.135. The molecule has 0 spiro atoms. The van der Waals surface area contributed by atoms with Gasteiger partial charge in [-0.2, -0.15) is 0 Å². The fourth-order valence-corrected chi connectivity index (χ4v) is 1.21. The highest BCUT2D eigenvalue weighted by atomic mass is 16.3. The van der Waals surface area contributed by atoms with Crippen LogP contribution in [0.15, 0.2) is 18.6 Å². The smallest absolute Gasteiger partial charge is 0.115 e. The molecule has 0 saturated carbocycles. The van der Waals surface area contributed by atoms with E-state index in [1.165, 1.54) is 0 Å². The summed E-state index contributed by atoms with van der Waals surface area (Å²) in [5, 5.41) is 12.5. The minimum atomic E-state index is -0.0347. The van der Waals surface area contributed by atoms with Gasteiger partial charge in [-0.1, -0.05) is 13.8 Å². The number of rotatable bonds is 6. The van der Waals surface area contributed by atoms with Crippen LogP contribution in [0.2, 0.25) is 0 Å². The summed E-state index contributed by atoms with van der Waals surface area (Å²) in [6.45, 7) is 5.88. The molecule has 84 valence electrons. The standard InChI is InChI=1S/C11H19N3O/c1-3-11(2,8-15)7-13-6-10-4-5-12-9-14-10/h4-5,9,13,15H,3,6-8H2,1-2H3. The van der Waals surface area contributed by atoms with Crippen molar-refractivity contribution in [2.45, 2.75) is 26.8 Å². The van der Waals surface area contributed by atoms with Crippen LogP contribution in [-0.2, 0) is 6.54 Å². The van der Waals surface area contributed by atoms with E-state index in [4.69, 9.17) is 0 Å². The van der Waals surface area contributed by atoms with E-state index in [0.29, 0.717) is 0 Å². The third kappa shape index (κ3) is 3.93. The molecule has 0 saturated heterocycles. The molecular weight excluding hydrogens is 190 g/mol. The average Bonchev–Trinajstić information content (AvgIpc) is 2.30. The fourth-order valence-electron chi connectivity index (χ4n) is 1.21.